The summed E-state index contributed by atoms with van der Waals surface area (Å²) in [6.07, 6.45) is 0. The second kappa shape index (κ2) is 5.63. The number of amides is 1. The molecule has 0 atom stereocenters. The Morgan fingerprint density at radius 1 is 1.37 bits per heavy atom. The van der Waals surface area contributed by atoms with Gasteiger partial charge >= 0.3 is 0 Å². The van der Waals surface area contributed by atoms with E-state index in [4.69, 9.17) is 23.2 Å². The van der Waals surface area contributed by atoms with Crippen LogP contribution in [-0.2, 0) is 6.54 Å². The highest BCUT2D eigenvalue weighted by molar-refractivity contribution is 6.33. The molecule has 2 aromatic rings. The minimum atomic E-state index is -0.243. The van der Waals surface area contributed by atoms with Crippen molar-refractivity contribution in [3.05, 3.63) is 51.3 Å². The van der Waals surface area contributed by atoms with Crippen LogP contribution in [0.2, 0.25) is 10.2 Å². The number of carbonyl (C=O) groups excluding carboxylic acids is 1. The molecule has 0 aliphatic carbocycles. The van der Waals surface area contributed by atoms with Crippen LogP contribution in [0.3, 0.4) is 0 Å². The van der Waals surface area contributed by atoms with Crippen molar-refractivity contribution in [1.29, 1.82) is 0 Å². The third-order valence-corrected chi connectivity index (χ3v) is 3.55. The molecular weight excluding hydrogens is 285 g/mol. The van der Waals surface area contributed by atoms with Gasteiger partial charge in [-0.05, 0) is 18.6 Å². The number of aryl methyl sites for hydroxylation is 1. The minimum Gasteiger partial charge on any atom is -0.355 e. The monoisotopic (exact) mass is 297 g/mol. The summed E-state index contributed by atoms with van der Waals surface area (Å²) in [5.41, 5.74) is 1.89. The molecule has 1 N–H and O–H groups in total. The molecule has 1 amide bonds. The molecule has 1 aromatic heterocycles. The van der Waals surface area contributed by atoms with E-state index in [0.29, 0.717) is 28.0 Å². The molecule has 0 bridgehead atoms. The zero-order chi connectivity index (χ0) is 14.0. The van der Waals surface area contributed by atoms with Gasteiger partial charge in [-0.15, -0.1) is 0 Å². The number of carbonyl (C=O) groups is 1. The quantitative estimate of drug-likeness (QED) is 0.947. The van der Waals surface area contributed by atoms with Crippen LogP contribution in [-0.4, -0.2) is 22.7 Å². The molecule has 19 heavy (non-hydrogen) atoms. The first kappa shape index (κ1) is 13.9. The van der Waals surface area contributed by atoms with E-state index >= 15 is 0 Å². The van der Waals surface area contributed by atoms with Gasteiger partial charge in [0.25, 0.3) is 5.91 Å². The Hall–Kier alpha value is -1.52. The SMILES string of the molecule is CNC(=O)c1c(C)nn(Cc2ccccc2Cl)c1Cl. The van der Waals surface area contributed by atoms with E-state index < -0.39 is 0 Å². The smallest absolute Gasteiger partial charge is 0.256 e. The van der Waals surface area contributed by atoms with Crippen molar-refractivity contribution in [3.63, 3.8) is 0 Å². The standard InChI is InChI=1S/C13H13Cl2N3O/c1-8-11(13(19)16-2)12(15)18(17-8)7-9-5-3-4-6-10(9)14/h3-6H,7H2,1-2H3,(H,16,19). The summed E-state index contributed by atoms with van der Waals surface area (Å²) < 4.78 is 1.57. The Balaban J connectivity index is 2.38. The lowest BCUT2D eigenvalue weighted by Gasteiger charge is -2.05. The summed E-state index contributed by atoms with van der Waals surface area (Å²) in [6, 6.07) is 7.46. The molecule has 0 aliphatic heterocycles. The number of nitrogens with one attached hydrogen (secondary N) is 1. The highest BCUT2D eigenvalue weighted by atomic mass is 35.5. The first-order valence-electron chi connectivity index (χ1n) is 5.73. The van der Waals surface area contributed by atoms with Crippen molar-refractivity contribution in [1.82, 2.24) is 15.1 Å². The van der Waals surface area contributed by atoms with Gasteiger partial charge in [0.15, 0.2) is 0 Å². The number of aromatic nitrogens is 2. The van der Waals surface area contributed by atoms with Gasteiger partial charge < -0.3 is 5.32 Å². The average molecular weight is 298 g/mol. The van der Waals surface area contributed by atoms with E-state index in [1.54, 1.807) is 24.7 Å². The third-order valence-electron chi connectivity index (χ3n) is 2.80. The van der Waals surface area contributed by atoms with Crippen LogP contribution in [0.5, 0.6) is 0 Å². The normalized spacial score (nSPS) is 10.5. The number of hydrogen-bond donors (Lipinski definition) is 1. The van der Waals surface area contributed by atoms with Crippen molar-refractivity contribution < 1.29 is 4.79 Å². The molecule has 0 fully saturated rings. The van der Waals surface area contributed by atoms with Gasteiger partial charge in [0, 0.05) is 12.1 Å². The van der Waals surface area contributed by atoms with Crippen LogP contribution in [0.15, 0.2) is 24.3 Å². The maximum absolute atomic E-state index is 11.7. The van der Waals surface area contributed by atoms with E-state index in [0.717, 1.165) is 5.56 Å². The van der Waals surface area contributed by atoms with Crippen molar-refractivity contribution >= 4 is 29.1 Å². The maximum Gasteiger partial charge on any atom is 0.256 e. The van der Waals surface area contributed by atoms with Crippen LogP contribution in [0.1, 0.15) is 21.6 Å². The lowest BCUT2D eigenvalue weighted by molar-refractivity contribution is 0.0962. The summed E-state index contributed by atoms with van der Waals surface area (Å²) in [7, 11) is 1.56. The van der Waals surface area contributed by atoms with Crippen LogP contribution in [0, 0.1) is 6.92 Å². The van der Waals surface area contributed by atoms with Crippen molar-refractivity contribution in [2.75, 3.05) is 7.05 Å². The van der Waals surface area contributed by atoms with E-state index in [-0.39, 0.29) is 5.91 Å². The van der Waals surface area contributed by atoms with Crippen LogP contribution in [0.25, 0.3) is 0 Å². The molecule has 1 aromatic carbocycles. The Kier molecular flexibility index (Phi) is 4.12. The number of rotatable bonds is 3. The fourth-order valence-electron chi connectivity index (χ4n) is 1.83. The van der Waals surface area contributed by atoms with Crippen molar-refractivity contribution in [2.24, 2.45) is 0 Å². The molecule has 2 rings (SSSR count). The number of benzene rings is 1. The van der Waals surface area contributed by atoms with E-state index in [9.17, 15) is 4.79 Å². The fourth-order valence-corrected chi connectivity index (χ4v) is 2.34. The molecule has 0 unspecified atom stereocenters. The molecule has 0 saturated carbocycles. The van der Waals surface area contributed by atoms with E-state index in [1.165, 1.54) is 0 Å². The highest BCUT2D eigenvalue weighted by Gasteiger charge is 2.19. The van der Waals surface area contributed by atoms with Gasteiger partial charge in [0.05, 0.1) is 17.8 Å². The topological polar surface area (TPSA) is 46.9 Å². The van der Waals surface area contributed by atoms with Gasteiger partial charge in [0.2, 0.25) is 0 Å². The Labute approximate surface area is 121 Å². The predicted octanol–water partition coefficient (Wildman–Crippen LogP) is 2.91. The third kappa shape index (κ3) is 2.74. The number of nitrogens with zero attached hydrogens (tertiary/aromatic N) is 2. The summed E-state index contributed by atoms with van der Waals surface area (Å²) in [4.78, 5) is 11.7. The van der Waals surface area contributed by atoms with Gasteiger partial charge in [0.1, 0.15) is 5.15 Å². The molecular formula is C13H13Cl2N3O. The van der Waals surface area contributed by atoms with E-state index in [1.807, 2.05) is 18.2 Å². The second-order valence-electron chi connectivity index (χ2n) is 4.08. The lowest BCUT2D eigenvalue weighted by Crippen LogP contribution is -2.18. The van der Waals surface area contributed by atoms with E-state index in [2.05, 4.69) is 10.4 Å². The first-order valence-corrected chi connectivity index (χ1v) is 6.48. The largest absolute Gasteiger partial charge is 0.355 e. The maximum atomic E-state index is 11.7. The summed E-state index contributed by atoms with van der Waals surface area (Å²) >= 11 is 12.3. The van der Waals surface area contributed by atoms with Crippen molar-refractivity contribution in [2.45, 2.75) is 13.5 Å². The molecule has 4 nitrogen and oxygen atoms in total. The zero-order valence-electron chi connectivity index (χ0n) is 10.6. The number of hydrogen-bond acceptors (Lipinski definition) is 2. The number of halogens is 2. The average Bonchev–Trinajstić information content (AvgIpc) is 2.66. The van der Waals surface area contributed by atoms with Gasteiger partial charge in [-0.1, -0.05) is 41.4 Å². The fraction of sp³-hybridized carbons (Fsp3) is 0.231. The Morgan fingerprint density at radius 2 is 2.05 bits per heavy atom. The van der Waals surface area contributed by atoms with Crippen molar-refractivity contribution in [3.8, 4) is 0 Å². The Bertz CT molecular complexity index is 622. The molecule has 100 valence electrons. The van der Waals surface area contributed by atoms with Gasteiger partial charge in [-0.2, -0.15) is 5.10 Å². The molecule has 0 aliphatic rings. The first-order chi connectivity index (χ1) is 9.04. The lowest BCUT2D eigenvalue weighted by atomic mass is 10.2. The van der Waals surface area contributed by atoms with Crippen LogP contribution in [0.4, 0.5) is 0 Å². The molecule has 0 spiro atoms. The summed E-state index contributed by atoms with van der Waals surface area (Å²) in [5, 5.41) is 7.79. The molecule has 0 radical (unpaired) electrons. The summed E-state index contributed by atoms with van der Waals surface area (Å²) in [5.74, 6) is -0.243. The highest BCUT2D eigenvalue weighted by Crippen LogP contribution is 2.23. The summed E-state index contributed by atoms with van der Waals surface area (Å²) in [6.45, 7) is 2.18. The van der Waals surface area contributed by atoms with Crippen LogP contribution < -0.4 is 5.32 Å². The molecule has 6 heteroatoms. The van der Waals surface area contributed by atoms with Crippen LogP contribution >= 0.6 is 23.2 Å². The second-order valence-corrected chi connectivity index (χ2v) is 4.84. The van der Waals surface area contributed by atoms with Gasteiger partial charge in [-0.3, -0.25) is 4.79 Å². The molecule has 0 saturated heterocycles. The predicted molar refractivity (Wildman–Crippen MR) is 75.9 cm³/mol. The van der Waals surface area contributed by atoms with Gasteiger partial charge in [-0.25, -0.2) is 4.68 Å². The zero-order valence-corrected chi connectivity index (χ0v) is 12.1. The minimum absolute atomic E-state index is 0.243. The molecule has 1 heterocycles. The Morgan fingerprint density at radius 3 is 2.68 bits per heavy atom.